The molecule has 4 nitrogen and oxygen atoms in total. The van der Waals surface area contributed by atoms with E-state index in [-0.39, 0.29) is 23.9 Å². The van der Waals surface area contributed by atoms with Crippen molar-refractivity contribution in [2.75, 3.05) is 0 Å². The fourth-order valence-corrected chi connectivity index (χ4v) is 5.34. The van der Waals surface area contributed by atoms with Gasteiger partial charge in [0.25, 0.3) is 0 Å². The molecule has 4 heteroatoms. The van der Waals surface area contributed by atoms with Crippen LogP contribution in [0.1, 0.15) is 85.0 Å². The van der Waals surface area contributed by atoms with Crippen LogP contribution >= 0.6 is 0 Å². The molecule has 0 aromatic carbocycles. The number of aliphatic hydroxyl groups excluding tert-OH is 2. The smallest absolute Gasteiger partial charge is 0.303 e. The van der Waals surface area contributed by atoms with E-state index < -0.39 is 12.1 Å². The Morgan fingerprint density at radius 2 is 2.07 bits per heavy atom. The lowest BCUT2D eigenvalue weighted by Gasteiger charge is -2.27. The zero-order valence-corrected chi connectivity index (χ0v) is 17.3. The summed E-state index contributed by atoms with van der Waals surface area (Å²) in [7, 11) is 0. The third-order valence-electron chi connectivity index (χ3n) is 6.64. The van der Waals surface area contributed by atoms with Gasteiger partial charge in [0, 0.05) is 12.3 Å². The summed E-state index contributed by atoms with van der Waals surface area (Å²) in [6.07, 6.45) is 12.1. The first kappa shape index (κ1) is 22.2. The van der Waals surface area contributed by atoms with Gasteiger partial charge in [-0.05, 0) is 56.8 Å². The summed E-state index contributed by atoms with van der Waals surface area (Å²) in [6.45, 7) is 6.51. The van der Waals surface area contributed by atoms with E-state index in [4.69, 9.17) is 5.11 Å². The number of rotatable bonds is 10. The Balaban J connectivity index is 2.00. The Morgan fingerprint density at radius 3 is 2.74 bits per heavy atom. The van der Waals surface area contributed by atoms with Crippen LogP contribution in [0.3, 0.4) is 0 Å². The number of aliphatic carboxylic acids is 1. The van der Waals surface area contributed by atoms with Crippen molar-refractivity contribution in [3.8, 4) is 0 Å². The van der Waals surface area contributed by atoms with Gasteiger partial charge in [0.1, 0.15) is 0 Å². The highest BCUT2D eigenvalue weighted by Gasteiger charge is 2.54. The molecule has 0 aromatic heterocycles. The van der Waals surface area contributed by atoms with Crippen LogP contribution in [0.4, 0.5) is 0 Å². The predicted molar refractivity (Wildman–Crippen MR) is 108 cm³/mol. The Hall–Kier alpha value is -1.13. The third kappa shape index (κ3) is 5.92. The van der Waals surface area contributed by atoms with Gasteiger partial charge in [-0.2, -0.15) is 0 Å². The van der Waals surface area contributed by atoms with Crippen LogP contribution in [0.2, 0.25) is 0 Å². The van der Waals surface area contributed by atoms with Gasteiger partial charge >= 0.3 is 5.97 Å². The van der Waals surface area contributed by atoms with Gasteiger partial charge in [-0.25, -0.2) is 0 Å². The Kier molecular flexibility index (Phi) is 8.11. The number of carboxylic acids is 1. The lowest BCUT2D eigenvalue weighted by molar-refractivity contribution is -0.137. The van der Waals surface area contributed by atoms with Crippen molar-refractivity contribution in [3.05, 3.63) is 23.3 Å². The van der Waals surface area contributed by atoms with Gasteiger partial charge in [0.05, 0.1) is 12.2 Å². The summed E-state index contributed by atoms with van der Waals surface area (Å²) in [4.78, 5) is 10.7. The number of aliphatic hydroxyl groups is 2. The van der Waals surface area contributed by atoms with Gasteiger partial charge in [-0.15, -0.1) is 0 Å². The van der Waals surface area contributed by atoms with Crippen LogP contribution in [0.25, 0.3) is 0 Å². The highest BCUT2D eigenvalue weighted by molar-refractivity contribution is 5.66. The minimum Gasteiger partial charge on any atom is -0.481 e. The quantitative estimate of drug-likeness (QED) is 0.375. The van der Waals surface area contributed by atoms with Gasteiger partial charge in [-0.3, -0.25) is 4.79 Å². The van der Waals surface area contributed by atoms with E-state index in [2.05, 4.69) is 26.8 Å². The van der Waals surface area contributed by atoms with Crippen LogP contribution < -0.4 is 0 Å². The van der Waals surface area contributed by atoms with E-state index in [1.165, 1.54) is 5.57 Å². The summed E-state index contributed by atoms with van der Waals surface area (Å²) >= 11 is 0. The number of carbonyl (C=O) groups is 1. The lowest BCUT2D eigenvalue weighted by Crippen LogP contribution is -2.23. The summed E-state index contributed by atoms with van der Waals surface area (Å²) in [6, 6.07) is 0. The first-order valence-corrected chi connectivity index (χ1v) is 10.7. The van der Waals surface area contributed by atoms with E-state index in [1.807, 2.05) is 6.08 Å². The second-order valence-electron chi connectivity index (χ2n) is 9.06. The minimum absolute atomic E-state index is 0.116. The molecule has 27 heavy (non-hydrogen) atoms. The highest BCUT2D eigenvalue weighted by atomic mass is 16.4. The molecule has 0 heterocycles. The zero-order chi connectivity index (χ0) is 20.0. The molecule has 2 saturated carbocycles. The van der Waals surface area contributed by atoms with E-state index in [0.717, 1.165) is 56.9 Å². The summed E-state index contributed by atoms with van der Waals surface area (Å²) in [5.41, 5.74) is 2.67. The molecular formula is C23H38O4. The molecule has 0 spiro atoms. The summed E-state index contributed by atoms with van der Waals surface area (Å²) < 4.78 is 0. The standard InChI is InChI=1S/C23H38O4/c1-4-5-6-10-18(24)12-16(2)22-19-13-17(9-7-8-11-21(26)27)14-23(19,3)15-20(22)25/h9,12,18-20,22,24-25H,4-8,10-11,13-15H2,1-3H3,(H,26,27). The van der Waals surface area contributed by atoms with E-state index >= 15 is 0 Å². The Bertz CT molecular complexity index is 565. The van der Waals surface area contributed by atoms with Crippen molar-refractivity contribution in [1.29, 1.82) is 0 Å². The van der Waals surface area contributed by atoms with Crippen molar-refractivity contribution in [2.45, 2.75) is 97.2 Å². The maximum Gasteiger partial charge on any atom is 0.303 e. The number of unbranched alkanes of at least 4 members (excludes halogenated alkanes) is 3. The molecule has 0 radical (unpaired) electrons. The zero-order valence-electron chi connectivity index (χ0n) is 17.3. The van der Waals surface area contributed by atoms with E-state index in [1.54, 1.807) is 0 Å². The Labute approximate surface area is 164 Å². The van der Waals surface area contributed by atoms with Gasteiger partial charge in [-0.1, -0.05) is 56.4 Å². The van der Waals surface area contributed by atoms with Crippen molar-refractivity contribution < 1.29 is 20.1 Å². The first-order chi connectivity index (χ1) is 12.8. The average Bonchev–Trinajstić information content (AvgIpc) is 2.99. The molecule has 3 N–H and O–H groups in total. The molecule has 154 valence electrons. The van der Waals surface area contributed by atoms with Crippen molar-refractivity contribution in [2.24, 2.45) is 17.3 Å². The SMILES string of the molecule is CCCCCC(O)C=C(C)C1C(O)CC2(C)CC(=CCCCC(=O)O)CC12. The molecule has 5 atom stereocenters. The molecule has 0 aliphatic heterocycles. The minimum atomic E-state index is -0.731. The summed E-state index contributed by atoms with van der Waals surface area (Å²) in [5.74, 6) is -0.192. The van der Waals surface area contributed by atoms with Crippen molar-refractivity contribution in [1.82, 2.24) is 0 Å². The molecule has 0 amide bonds. The molecule has 2 rings (SSSR count). The fourth-order valence-electron chi connectivity index (χ4n) is 5.34. The maximum absolute atomic E-state index is 10.7. The molecule has 2 aliphatic carbocycles. The largest absolute Gasteiger partial charge is 0.481 e. The Morgan fingerprint density at radius 1 is 1.33 bits per heavy atom. The van der Waals surface area contributed by atoms with Gasteiger partial charge in [0.15, 0.2) is 0 Å². The molecule has 0 bridgehead atoms. The number of fused-ring (bicyclic) bond motifs is 1. The molecule has 0 aromatic rings. The van der Waals surface area contributed by atoms with Crippen LogP contribution in [0, 0.1) is 17.3 Å². The number of hydrogen-bond donors (Lipinski definition) is 3. The topological polar surface area (TPSA) is 77.8 Å². The van der Waals surface area contributed by atoms with Crippen molar-refractivity contribution in [3.63, 3.8) is 0 Å². The monoisotopic (exact) mass is 378 g/mol. The summed E-state index contributed by atoms with van der Waals surface area (Å²) in [5, 5.41) is 29.8. The highest BCUT2D eigenvalue weighted by Crippen LogP contribution is 2.60. The van der Waals surface area contributed by atoms with Crippen LogP contribution in [-0.2, 0) is 4.79 Å². The van der Waals surface area contributed by atoms with E-state index in [0.29, 0.717) is 12.3 Å². The molecule has 0 saturated heterocycles. The third-order valence-corrected chi connectivity index (χ3v) is 6.64. The maximum atomic E-state index is 10.7. The first-order valence-electron chi connectivity index (χ1n) is 10.7. The molecule has 2 aliphatic rings. The second-order valence-corrected chi connectivity index (χ2v) is 9.06. The van der Waals surface area contributed by atoms with Gasteiger partial charge in [0.2, 0.25) is 0 Å². The fraction of sp³-hybridized carbons (Fsp3) is 0.783. The van der Waals surface area contributed by atoms with Crippen LogP contribution in [0.15, 0.2) is 23.3 Å². The van der Waals surface area contributed by atoms with Crippen molar-refractivity contribution >= 4 is 5.97 Å². The van der Waals surface area contributed by atoms with E-state index in [9.17, 15) is 15.0 Å². The van der Waals surface area contributed by atoms with Gasteiger partial charge < -0.3 is 15.3 Å². The number of carboxylic acid groups (broad SMARTS) is 1. The molecule has 5 unspecified atom stereocenters. The number of hydrogen-bond acceptors (Lipinski definition) is 3. The lowest BCUT2D eigenvalue weighted by atomic mass is 9.78. The van der Waals surface area contributed by atoms with Crippen LogP contribution in [0.5, 0.6) is 0 Å². The average molecular weight is 379 g/mol. The second kappa shape index (κ2) is 9.88. The predicted octanol–water partition coefficient (Wildman–Crippen LogP) is 4.85. The molecular weight excluding hydrogens is 340 g/mol. The normalized spacial score (nSPS) is 33.4. The van der Waals surface area contributed by atoms with Crippen LogP contribution in [-0.4, -0.2) is 33.5 Å². The number of allylic oxidation sites excluding steroid dienone is 2. The molecule has 2 fully saturated rings.